The van der Waals surface area contributed by atoms with Crippen molar-refractivity contribution >= 4 is 23.1 Å². The van der Waals surface area contributed by atoms with Gasteiger partial charge < -0.3 is 10.6 Å². The van der Waals surface area contributed by atoms with E-state index in [-0.39, 0.29) is 41.6 Å². The van der Waals surface area contributed by atoms with Gasteiger partial charge in [-0.1, -0.05) is 0 Å². The first kappa shape index (κ1) is 25.0. The summed E-state index contributed by atoms with van der Waals surface area (Å²) in [5.74, 6) is -1.67. The number of nitrogens with zero attached hydrogens (tertiary/aromatic N) is 3. The molecular formula is C24H21F4N5O3. The van der Waals surface area contributed by atoms with Crippen molar-refractivity contribution in [2.75, 3.05) is 5.32 Å². The summed E-state index contributed by atoms with van der Waals surface area (Å²) in [5.41, 5.74) is -1.90. The van der Waals surface area contributed by atoms with E-state index in [0.29, 0.717) is 24.6 Å². The van der Waals surface area contributed by atoms with E-state index >= 15 is 0 Å². The fraction of sp³-hybridized carbons (Fsp3) is 0.292. The zero-order valence-electron chi connectivity index (χ0n) is 19.0. The van der Waals surface area contributed by atoms with Crippen molar-refractivity contribution in [3.63, 3.8) is 0 Å². The van der Waals surface area contributed by atoms with E-state index < -0.39 is 28.5 Å². The van der Waals surface area contributed by atoms with Crippen molar-refractivity contribution in [2.45, 2.75) is 32.0 Å². The Hall–Kier alpha value is -4.09. The number of rotatable bonds is 8. The zero-order chi connectivity index (χ0) is 26.1. The minimum atomic E-state index is -4.74. The number of hydrogen-bond acceptors (Lipinski definition) is 6. The Balaban J connectivity index is 1.35. The molecule has 0 atom stereocenters. The smallest absolute Gasteiger partial charge is 0.354 e. The van der Waals surface area contributed by atoms with Crippen LogP contribution in [0.4, 0.5) is 28.9 Å². The summed E-state index contributed by atoms with van der Waals surface area (Å²) < 4.78 is 53.9. The molecule has 1 aromatic carbocycles. The first-order valence-electron chi connectivity index (χ1n) is 10.9. The van der Waals surface area contributed by atoms with Gasteiger partial charge in [-0.3, -0.25) is 19.4 Å². The van der Waals surface area contributed by atoms with Crippen LogP contribution >= 0.6 is 0 Å². The highest BCUT2D eigenvalue weighted by atomic mass is 19.4. The number of carbonyl (C=O) groups is 2. The molecule has 1 aliphatic carbocycles. The molecule has 2 N–H and O–H groups in total. The van der Waals surface area contributed by atoms with Crippen LogP contribution in [0.2, 0.25) is 0 Å². The summed E-state index contributed by atoms with van der Waals surface area (Å²) in [6.07, 6.45) is -1.15. The standard InChI is InChI=1S/C24H21F4N5O3/c1-33-21(35)8-14(11-31-33)20(34)10-23(6-7-23)22(36)30-12-16-3-4-17(13-29-16)32-19-5-2-15(25)9-18(19)24(26,27)28/h2-5,8-9,11,13,32H,6-7,10,12H2,1H3,(H,30,36). The van der Waals surface area contributed by atoms with Crippen LogP contribution in [-0.2, 0) is 24.6 Å². The maximum absolute atomic E-state index is 13.3. The third-order valence-corrected chi connectivity index (χ3v) is 5.94. The van der Waals surface area contributed by atoms with Crippen molar-refractivity contribution in [3.8, 4) is 0 Å². The predicted molar refractivity (Wildman–Crippen MR) is 121 cm³/mol. The van der Waals surface area contributed by atoms with Gasteiger partial charge in [0.05, 0.1) is 47.0 Å². The number of carbonyl (C=O) groups excluding carboxylic acids is 2. The first-order chi connectivity index (χ1) is 17.0. The number of aromatic nitrogens is 3. The highest BCUT2D eigenvalue weighted by molar-refractivity contribution is 6.00. The molecule has 0 bridgehead atoms. The van der Waals surface area contributed by atoms with Crippen LogP contribution in [0.15, 0.2) is 53.6 Å². The number of halogens is 4. The lowest BCUT2D eigenvalue weighted by Crippen LogP contribution is -2.33. The summed E-state index contributed by atoms with van der Waals surface area (Å²) >= 11 is 0. The largest absolute Gasteiger partial charge is 0.418 e. The Kier molecular flexibility index (Phi) is 6.61. The van der Waals surface area contributed by atoms with Crippen LogP contribution in [0.25, 0.3) is 0 Å². The van der Waals surface area contributed by atoms with Gasteiger partial charge in [0.15, 0.2) is 5.78 Å². The van der Waals surface area contributed by atoms with E-state index in [1.807, 2.05) is 0 Å². The minimum absolute atomic E-state index is 0.0485. The molecule has 8 nitrogen and oxygen atoms in total. The first-order valence-corrected chi connectivity index (χ1v) is 10.9. The van der Waals surface area contributed by atoms with Crippen LogP contribution in [0, 0.1) is 11.2 Å². The summed E-state index contributed by atoms with van der Waals surface area (Å²) in [5, 5.41) is 9.13. The van der Waals surface area contributed by atoms with E-state index in [1.54, 1.807) is 0 Å². The number of anilines is 2. The van der Waals surface area contributed by atoms with Gasteiger partial charge in [0, 0.05) is 25.1 Å². The molecule has 36 heavy (non-hydrogen) atoms. The Morgan fingerprint density at radius 2 is 1.86 bits per heavy atom. The highest BCUT2D eigenvalue weighted by Gasteiger charge is 2.51. The van der Waals surface area contributed by atoms with Crippen LogP contribution < -0.4 is 16.2 Å². The van der Waals surface area contributed by atoms with Crippen molar-refractivity contribution in [1.82, 2.24) is 20.1 Å². The van der Waals surface area contributed by atoms with Crippen molar-refractivity contribution in [3.05, 3.63) is 81.8 Å². The van der Waals surface area contributed by atoms with Crippen LogP contribution in [-0.4, -0.2) is 26.5 Å². The molecule has 1 fully saturated rings. The van der Waals surface area contributed by atoms with Gasteiger partial charge in [0.25, 0.3) is 5.56 Å². The average Bonchev–Trinajstić information content (AvgIpc) is 3.61. The molecule has 0 radical (unpaired) electrons. The fourth-order valence-electron chi connectivity index (χ4n) is 3.64. The van der Waals surface area contributed by atoms with Crippen molar-refractivity contribution < 1.29 is 27.2 Å². The second kappa shape index (κ2) is 9.51. The number of amides is 1. The lowest BCUT2D eigenvalue weighted by atomic mass is 9.95. The van der Waals surface area contributed by atoms with E-state index in [2.05, 4.69) is 20.7 Å². The SMILES string of the molecule is Cn1ncc(C(=O)CC2(C(=O)NCc3ccc(Nc4ccc(F)cc4C(F)(F)F)cn3)CC2)cc1=O. The van der Waals surface area contributed by atoms with Gasteiger partial charge in [-0.15, -0.1) is 0 Å². The molecule has 12 heteroatoms. The van der Waals surface area contributed by atoms with Crippen LogP contribution in [0.3, 0.4) is 0 Å². The molecule has 2 aromatic heterocycles. The second-order valence-electron chi connectivity index (χ2n) is 8.62. The molecule has 0 spiro atoms. The number of aryl methyl sites for hydroxylation is 1. The number of pyridine rings is 1. The molecular weight excluding hydrogens is 482 g/mol. The van der Waals surface area contributed by atoms with Gasteiger partial charge in [0.1, 0.15) is 5.82 Å². The molecule has 188 valence electrons. The lowest BCUT2D eigenvalue weighted by molar-refractivity contribution is -0.137. The van der Waals surface area contributed by atoms with Crippen LogP contribution in [0.5, 0.6) is 0 Å². The van der Waals surface area contributed by atoms with Gasteiger partial charge in [-0.25, -0.2) is 9.07 Å². The molecule has 1 aliphatic rings. The normalized spacial score (nSPS) is 14.2. The molecule has 0 saturated heterocycles. The third kappa shape index (κ3) is 5.58. The van der Waals surface area contributed by atoms with E-state index in [0.717, 1.165) is 16.8 Å². The number of alkyl halides is 3. The van der Waals surface area contributed by atoms with Crippen LogP contribution in [0.1, 0.15) is 40.9 Å². The van der Waals surface area contributed by atoms with E-state index in [1.165, 1.54) is 37.6 Å². The molecule has 1 saturated carbocycles. The number of Topliss-reactive ketones (excluding diaryl/α,β-unsaturated/α-hetero) is 1. The maximum atomic E-state index is 13.3. The minimum Gasteiger partial charge on any atom is -0.354 e. The summed E-state index contributed by atoms with van der Waals surface area (Å²) in [6.45, 7) is 0.0485. The molecule has 1 amide bonds. The number of nitrogens with one attached hydrogen (secondary N) is 2. The second-order valence-corrected chi connectivity index (χ2v) is 8.62. The van der Waals surface area contributed by atoms with Gasteiger partial charge in [-0.2, -0.15) is 18.3 Å². The summed E-state index contributed by atoms with van der Waals surface area (Å²) in [6, 6.07) is 6.51. The Labute approximate surface area is 202 Å². The Morgan fingerprint density at radius 3 is 2.47 bits per heavy atom. The molecule has 0 unspecified atom stereocenters. The maximum Gasteiger partial charge on any atom is 0.418 e. The molecule has 2 heterocycles. The Bertz CT molecular complexity index is 1370. The zero-order valence-corrected chi connectivity index (χ0v) is 19.0. The monoisotopic (exact) mass is 503 g/mol. The molecule has 0 aliphatic heterocycles. The summed E-state index contributed by atoms with van der Waals surface area (Å²) in [7, 11) is 1.46. The third-order valence-electron chi connectivity index (χ3n) is 5.94. The van der Waals surface area contributed by atoms with Gasteiger partial charge >= 0.3 is 6.18 Å². The summed E-state index contributed by atoms with van der Waals surface area (Å²) in [4.78, 5) is 41.1. The predicted octanol–water partition coefficient (Wildman–Crippen LogP) is 3.75. The average molecular weight is 503 g/mol. The highest BCUT2D eigenvalue weighted by Crippen LogP contribution is 2.49. The number of hydrogen-bond donors (Lipinski definition) is 2. The van der Waals surface area contributed by atoms with Gasteiger partial charge in [0.2, 0.25) is 5.91 Å². The van der Waals surface area contributed by atoms with E-state index in [4.69, 9.17) is 0 Å². The fourth-order valence-corrected chi connectivity index (χ4v) is 3.64. The number of ketones is 1. The van der Waals surface area contributed by atoms with Crippen molar-refractivity contribution in [2.24, 2.45) is 12.5 Å². The lowest BCUT2D eigenvalue weighted by Gasteiger charge is -2.16. The van der Waals surface area contributed by atoms with Gasteiger partial charge in [-0.05, 0) is 43.2 Å². The Morgan fingerprint density at radius 1 is 1.11 bits per heavy atom. The number of benzene rings is 1. The van der Waals surface area contributed by atoms with E-state index in [9.17, 15) is 31.9 Å². The quantitative estimate of drug-likeness (QED) is 0.358. The molecule has 4 rings (SSSR count). The topological polar surface area (TPSA) is 106 Å². The van der Waals surface area contributed by atoms with Crippen molar-refractivity contribution in [1.29, 1.82) is 0 Å². The molecule has 3 aromatic rings.